The van der Waals surface area contributed by atoms with E-state index in [2.05, 4.69) is 6.58 Å². The maximum Gasteiger partial charge on any atom is 0.336 e. The second-order valence-corrected chi connectivity index (χ2v) is 4.40. The van der Waals surface area contributed by atoms with Gasteiger partial charge in [0.15, 0.2) is 11.5 Å². The number of ether oxygens (including phenoxy) is 3. The maximum absolute atomic E-state index is 11.7. The zero-order chi connectivity index (χ0) is 17.6. The lowest BCUT2D eigenvalue weighted by Crippen LogP contribution is -2.15. The predicted octanol–water partition coefficient (Wildman–Crippen LogP) is 2.15. The molecule has 23 heavy (non-hydrogen) atoms. The van der Waals surface area contributed by atoms with Crippen LogP contribution in [-0.4, -0.2) is 36.3 Å². The molecule has 0 heterocycles. The highest BCUT2D eigenvalue weighted by Crippen LogP contribution is 2.39. The van der Waals surface area contributed by atoms with Crippen molar-refractivity contribution >= 4 is 11.7 Å². The van der Waals surface area contributed by atoms with Gasteiger partial charge in [0, 0.05) is 0 Å². The molecule has 0 aliphatic carbocycles. The first kappa shape index (κ1) is 18.4. The molecule has 0 spiro atoms. The number of nitro groups is 1. The van der Waals surface area contributed by atoms with Gasteiger partial charge >= 0.3 is 5.97 Å². The third kappa shape index (κ3) is 4.19. The third-order valence-corrected chi connectivity index (χ3v) is 2.97. The number of carbonyl (C=O) groups is 1. The largest absolute Gasteiger partial charge is 0.493 e. The number of hydrogen-bond acceptors (Lipinski definition) is 7. The van der Waals surface area contributed by atoms with Crippen molar-refractivity contribution in [2.45, 2.75) is 20.0 Å². The number of nitrogens with zero attached hydrogens (tertiary/aromatic N) is 1. The summed E-state index contributed by atoms with van der Waals surface area (Å²) in [4.78, 5) is 22.2. The summed E-state index contributed by atoms with van der Waals surface area (Å²) >= 11 is 0. The van der Waals surface area contributed by atoms with Crippen molar-refractivity contribution in [3.8, 4) is 11.5 Å². The number of nitro benzene ring substituents is 1. The first-order valence-corrected chi connectivity index (χ1v) is 6.90. The SMILES string of the molecule is C=C(C(=O)OCC)C(O)c1cc(OC)c(OCC)cc1[N+](=O)[O-]. The van der Waals surface area contributed by atoms with Gasteiger partial charge in [0.25, 0.3) is 5.69 Å². The summed E-state index contributed by atoms with van der Waals surface area (Å²) in [6.45, 7) is 7.14. The van der Waals surface area contributed by atoms with Crippen molar-refractivity contribution in [3.63, 3.8) is 0 Å². The molecule has 0 radical (unpaired) electrons. The minimum Gasteiger partial charge on any atom is -0.493 e. The molecule has 1 atom stereocenters. The van der Waals surface area contributed by atoms with E-state index in [0.717, 1.165) is 6.07 Å². The van der Waals surface area contributed by atoms with Crippen LogP contribution in [0.5, 0.6) is 11.5 Å². The Bertz CT molecular complexity index is 612. The monoisotopic (exact) mass is 325 g/mol. The fraction of sp³-hybridized carbons (Fsp3) is 0.400. The molecule has 1 aromatic carbocycles. The highest BCUT2D eigenvalue weighted by molar-refractivity contribution is 5.89. The molecule has 1 N–H and O–H groups in total. The third-order valence-electron chi connectivity index (χ3n) is 2.97. The predicted molar refractivity (Wildman–Crippen MR) is 81.6 cm³/mol. The maximum atomic E-state index is 11.7. The number of methoxy groups -OCH3 is 1. The minimum absolute atomic E-state index is 0.0965. The van der Waals surface area contributed by atoms with Gasteiger partial charge < -0.3 is 19.3 Å². The molecule has 126 valence electrons. The van der Waals surface area contributed by atoms with E-state index < -0.39 is 22.7 Å². The number of aliphatic hydroxyl groups excluding tert-OH is 1. The molecule has 8 nitrogen and oxygen atoms in total. The Hall–Kier alpha value is -2.61. The zero-order valence-electron chi connectivity index (χ0n) is 13.2. The van der Waals surface area contributed by atoms with Gasteiger partial charge in [-0.2, -0.15) is 0 Å². The van der Waals surface area contributed by atoms with Crippen LogP contribution in [0, 0.1) is 10.1 Å². The van der Waals surface area contributed by atoms with E-state index in [1.807, 2.05) is 0 Å². The number of rotatable bonds is 8. The second-order valence-electron chi connectivity index (χ2n) is 4.40. The van der Waals surface area contributed by atoms with Crippen LogP contribution in [0.25, 0.3) is 0 Å². The van der Waals surface area contributed by atoms with Crippen LogP contribution in [0.4, 0.5) is 5.69 Å². The summed E-state index contributed by atoms with van der Waals surface area (Å²) in [6.07, 6.45) is -1.60. The smallest absolute Gasteiger partial charge is 0.336 e. The van der Waals surface area contributed by atoms with Crippen LogP contribution in [-0.2, 0) is 9.53 Å². The average molecular weight is 325 g/mol. The molecule has 1 aromatic rings. The van der Waals surface area contributed by atoms with Crippen molar-refractivity contribution in [3.05, 3.63) is 40.0 Å². The Labute approximate surface area is 133 Å². The summed E-state index contributed by atoms with van der Waals surface area (Å²) in [5.41, 5.74) is -0.846. The molecule has 1 rings (SSSR count). The van der Waals surface area contributed by atoms with E-state index in [9.17, 15) is 20.0 Å². The van der Waals surface area contributed by atoms with Crippen molar-refractivity contribution in [2.24, 2.45) is 0 Å². The molecule has 0 aliphatic heterocycles. The molecule has 0 fully saturated rings. The number of benzene rings is 1. The van der Waals surface area contributed by atoms with Crippen LogP contribution in [0.1, 0.15) is 25.5 Å². The lowest BCUT2D eigenvalue weighted by Gasteiger charge is -2.16. The lowest BCUT2D eigenvalue weighted by molar-refractivity contribution is -0.386. The summed E-state index contributed by atoms with van der Waals surface area (Å²) in [5, 5.41) is 21.5. The topological polar surface area (TPSA) is 108 Å². The second kappa shape index (κ2) is 8.14. The zero-order valence-corrected chi connectivity index (χ0v) is 13.2. The van der Waals surface area contributed by atoms with Crippen LogP contribution in [0.2, 0.25) is 0 Å². The number of esters is 1. The van der Waals surface area contributed by atoms with Gasteiger partial charge in [0.05, 0.1) is 42.4 Å². The summed E-state index contributed by atoms with van der Waals surface area (Å²) < 4.78 is 15.1. The normalized spacial score (nSPS) is 11.5. The van der Waals surface area contributed by atoms with Gasteiger partial charge in [-0.3, -0.25) is 10.1 Å². The number of hydrogen-bond donors (Lipinski definition) is 1. The highest BCUT2D eigenvalue weighted by atomic mass is 16.6. The molecular weight excluding hydrogens is 306 g/mol. The Kier molecular flexibility index (Phi) is 6.52. The first-order valence-electron chi connectivity index (χ1n) is 6.90. The standard InChI is InChI=1S/C15H19NO7/c1-5-22-13-8-11(16(19)20)10(7-12(13)21-4)14(17)9(3)15(18)23-6-2/h7-8,14,17H,3,5-6H2,1-2,4H3. The van der Waals surface area contributed by atoms with E-state index in [1.54, 1.807) is 13.8 Å². The van der Waals surface area contributed by atoms with Crippen molar-refractivity contribution in [1.29, 1.82) is 0 Å². The van der Waals surface area contributed by atoms with E-state index in [4.69, 9.17) is 14.2 Å². The Morgan fingerprint density at radius 1 is 1.35 bits per heavy atom. The lowest BCUT2D eigenvalue weighted by atomic mass is 10.00. The highest BCUT2D eigenvalue weighted by Gasteiger charge is 2.29. The fourth-order valence-electron chi connectivity index (χ4n) is 1.89. The molecule has 0 bridgehead atoms. The van der Waals surface area contributed by atoms with Gasteiger partial charge in [-0.1, -0.05) is 6.58 Å². The number of aliphatic hydroxyl groups is 1. The Morgan fingerprint density at radius 3 is 2.48 bits per heavy atom. The van der Waals surface area contributed by atoms with Crippen LogP contribution < -0.4 is 9.47 Å². The van der Waals surface area contributed by atoms with E-state index in [-0.39, 0.29) is 35.8 Å². The van der Waals surface area contributed by atoms with Crippen LogP contribution in [0.3, 0.4) is 0 Å². The summed E-state index contributed by atoms with van der Waals surface area (Å²) in [7, 11) is 1.36. The van der Waals surface area contributed by atoms with Gasteiger partial charge in [0.2, 0.25) is 0 Å². The van der Waals surface area contributed by atoms with Gasteiger partial charge in [-0.05, 0) is 19.9 Å². The Balaban J connectivity index is 3.35. The summed E-state index contributed by atoms with van der Waals surface area (Å²) in [6, 6.07) is 2.39. The molecule has 0 saturated heterocycles. The quantitative estimate of drug-likeness (QED) is 0.337. The molecular formula is C15H19NO7. The van der Waals surface area contributed by atoms with Crippen molar-refractivity contribution in [1.82, 2.24) is 0 Å². The van der Waals surface area contributed by atoms with E-state index in [0.29, 0.717) is 0 Å². The number of carbonyl (C=O) groups excluding carboxylic acids is 1. The first-order chi connectivity index (χ1) is 10.9. The average Bonchev–Trinajstić information content (AvgIpc) is 2.53. The summed E-state index contributed by atoms with van der Waals surface area (Å²) in [5.74, 6) is -0.468. The molecule has 8 heteroatoms. The van der Waals surface area contributed by atoms with Gasteiger partial charge in [-0.15, -0.1) is 0 Å². The van der Waals surface area contributed by atoms with E-state index in [1.165, 1.54) is 13.2 Å². The van der Waals surface area contributed by atoms with Crippen molar-refractivity contribution < 1.29 is 29.0 Å². The van der Waals surface area contributed by atoms with Crippen LogP contribution >= 0.6 is 0 Å². The molecule has 1 unspecified atom stereocenters. The molecule has 0 aliphatic rings. The van der Waals surface area contributed by atoms with Crippen LogP contribution in [0.15, 0.2) is 24.3 Å². The van der Waals surface area contributed by atoms with Gasteiger partial charge in [-0.25, -0.2) is 4.79 Å². The molecule has 0 saturated carbocycles. The van der Waals surface area contributed by atoms with E-state index >= 15 is 0 Å². The fourth-order valence-corrected chi connectivity index (χ4v) is 1.89. The van der Waals surface area contributed by atoms with Crippen molar-refractivity contribution in [2.75, 3.05) is 20.3 Å². The molecule has 0 amide bonds. The molecule has 0 aromatic heterocycles. The minimum atomic E-state index is -1.60. The van der Waals surface area contributed by atoms with Gasteiger partial charge in [0.1, 0.15) is 6.10 Å². The Morgan fingerprint density at radius 2 is 2.00 bits per heavy atom.